The number of anilines is 1. The van der Waals surface area contributed by atoms with E-state index in [1.54, 1.807) is 0 Å². The fraction of sp³-hybridized carbons (Fsp3) is 0.182. The van der Waals surface area contributed by atoms with Crippen LogP contribution in [0.3, 0.4) is 0 Å². The number of amides is 2. The molecule has 0 N–H and O–H groups in total. The van der Waals surface area contributed by atoms with Crippen molar-refractivity contribution >= 4 is 45.2 Å². The van der Waals surface area contributed by atoms with E-state index in [0.29, 0.717) is 5.69 Å². The monoisotopic (exact) mass is 483 g/mol. The summed E-state index contributed by atoms with van der Waals surface area (Å²) in [5.74, 6) is -2.11. The maximum Gasteiger partial charge on any atom is 0.239 e. The van der Waals surface area contributed by atoms with Crippen LogP contribution in [0, 0.1) is 22.7 Å². The van der Waals surface area contributed by atoms with E-state index in [0.717, 1.165) is 33.0 Å². The van der Waals surface area contributed by atoms with Gasteiger partial charge in [-0.15, -0.1) is 0 Å². The smallest absolute Gasteiger partial charge is 0.239 e. The third kappa shape index (κ3) is 2.55. The van der Waals surface area contributed by atoms with Crippen molar-refractivity contribution in [2.45, 2.75) is 13.8 Å². The van der Waals surface area contributed by atoms with E-state index in [-0.39, 0.29) is 17.6 Å². The molecule has 4 nitrogen and oxygen atoms in total. The second-order valence-electron chi connectivity index (χ2n) is 10.7. The highest BCUT2D eigenvalue weighted by molar-refractivity contribution is 6.35. The van der Waals surface area contributed by atoms with Crippen LogP contribution in [0.2, 0.25) is 0 Å². The van der Waals surface area contributed by atoms with Crippen LogP contribution >= 0.6 is 0 Å². The van der Waals surface area contributed by atoms with Gasteiger partial charge in [0, 0.05) is 5.39 Å². The summed E-state index contributed by atoms with van der Waals surface area (Å²) in [6.45, 7) is 3.77. The maximum atomic E-state index is 14.4. The normalized spacial score (nSPS) is 28.5. The van der Waals surface area contributed by atoms with Gasteiger partial charge in [-0.05, 0) is 47.6 Å². The fourth-order valence-corrected chi connectivity index (χ4v) is 7.45. The number of allylic oxidation sites excluding steroid dienone is 2. The minimum Gasteiger partial charge on any atom is -0.298 e. The van der Waals surface area contributed by atoms with E-state index in [1.165, 1.54) is 4.90 Å². The number of imide groups is 1. The molecular weight excluding hydrogens is 458 g/mol. The Kier molecular flexibility index (Phi) is 4.36. The van der Waals surface area contributed by atoms with Crippen LogP contribution in [-0.2, 0) is 14.4 Å². The van der Waals surface area contributed by atoms with Gasteiger partial charge in [-0.3, -0.25) is 14.4 Å². The number of hydrogen-bond donors (Lipinski definition) is 0. The predicted molar refractivity (Wildman–Crippen MR) is 144 cm³/mol. The molecule has 0 unspecified atom stereocenters. The SMILES string of the molecule is C[C@]12C(=O)[C@](C)(C(c3ccccc3)=C1c1ccccc1)[C@H]1C(=O)N(c3cccc4ccccc34)C(=O)[C@H]12. The lowest BCUT2D eigenvalue weighted by atomic mass is 9.63. The van der Waals surface area contributed by atoms with Gasteiger partial charge in [0.2, 0.25) is 11.8 Å². The van der Waals surface area contributed by atoms with Crippen LogP contribution in [-0.4, -0.2) is 17.6 Å². The third-order valence-corrected chi connectivity index (χ3v) is 8.91. The molecule has 0 spiro atoms. The molecule has 1 aliphatic heterocycles. The first-order valence-corrected chi connectivity index (χ1v) is 12.7. The van der Waals surface area contributed by atoms with Crippen LogP contribution in [0.5, 0.6) is 0 Å². The minimum absolute atomic E-state index is 0.0352. The van der Waals surface area contributed by atoms with Gasteiger partial charge in [0.1, 0.15) is 0 Å². The molecule has 4 aromatic carbocycles. The number of ketones is 1. The van der Waals surface area contributed by atoms with Gasteiger partial charge in [0.15, 0.2) is 5.78 Å². The lowest BCUT2D eigenvalue weighted by molar-refractivity contribution is -0.133. The van der Waals surface area contributed by atoms with Crippen molar-refractivity contribution in [2.75, 3.05) is 4.90 Å². The number of nitrogens with zero attached hydrogens (tertiary/aromatic N) is 1. The molecule has 4 heteroatoms. The highest BCUT2D eigenvalue weighted by atomic mass is 16.2. The van der Waals surface area contributed by atoms with Gasteiger partial charge < -0.3 is 0 Å². The maximum absolute atomic E-state index is 14.4. The van der Waals surface area contributed by atoms with Crippen LogP contribution in [0.25, 0.3) is 21.9 Å². The standard InChI is InChI=1S/C33H25NO3/c1-32-25(21-13-5-3-6-14-21)26(22-15-7-4-8-16-22)33(2,31(32)37)28-27(32)29(35)34(30(28)36)24-19-11-17-20-12-9-10-18-23(20)24/h3-19,27-28H,1-2H3/t27-,28+,32-,33+. The Morgan fingerprint density at radius 3 is 1.57 bits per heavy atom. The minimum atomic E-state index is -1.11. The summed E-state index contributed by atoms with van der Waals surface area (Å²) in [4.78, 5) is 44.3. The average molecular weight is 484 g/mol. The molecule has 4 atom stereocenters. The zero-order valence-corrected chi connectivity index (χ0v) is 20.6. The van der Waals surface area contributed by atoms with Crippen LogP contribution in [0.15, 0.2) is 103 Å². The summed E-state index contributed by atoms with van der Waals surface area (Å²) in [7, 11) is 0. The lowest BCUT2D eigenvalue weighted by Gasteiger charge is -2.35. The van der Waals surface area contributed by atoms with Crippen molar-refractivity contribution in [1.82, 2.24) is 0 Å². The highest BCUT2D eigenvalue weighted by Gasteiger charge is 2.78. The largest absolute Gasteiger partial charge is 0.298 e. The second kappa shape index (κ2) is 7.36. The molecule has 0 radical (unpaired) electrons. The summed E-state index contributed by atoms with van der Waals surface area (Å²) in [5.41, 5.74) is 1.94. The predicted octanol–water partition coefficient (Wildman–Crippen LogP) is 6.17. The van der Waals surface area contributed by atoms with E-state index >= 15 is 0 Å². The molecule has 2 aliphatic carbocycles. The quantitative estimate of drug-likeness (QED) is 0.328. The number of Topliss-reactive ketones (excluding diaryl/α,β-unsaturated/α-hetero) is 1. The van der Waals surface area contributed by atoms with Crippen molar-refractivity contribution in [3.8, 4) is 0 Å². The molecule has 3 aliphatic rings. The van der Waals surface area contributed by atoms with Gasteiger partial charge in [0.05, 0.1) is 28.4 Å². The second-order valence-corrected chi connectivity index (χ2v) is 10.7. The molecule has 2 amide bonds. The van der Waals surface area contributed by atoms with E-state index in [9.17, 15) is 14.4 Å². The molecule has 4 aromatic rings. The number of rotatable bonds is 3. The number of carbonyl (C=O) groups is 3. The Bertz CT molecular complexity index is 1580. The first kappa shape index (κ1) is 21.9. The Balaban J connectivity index is 1.49. The first-order valence-electron chi connectivity index (χ1n) is 12.7. The zero-order chi connectivity index (χ0) is 25.5. The van der Waals surface area contributed by atoms with Gasteiger partial charge in [0.25, 0.3) is 0 Å². The van der Waals surface area contributed by atoms with Gasteiger partial charge in [-0.25, -0.2) is 4.90 Å². The van der Waals surface area contributed by atoms with Crippen molar-refractivity contribution in [3.63, 3.8) is 0 Å². The molecule has 1 heterocycles. The Labute approximate surface area is 215 Å². The zero-order valence-electron chi connectivity index (χ0n) is 20.6. The summed E-state index contributed by atoms with van der Waals surface area (Å²) in [6.07, 6.45) is 0. The molecule has 37 heavy (non-hydrogen) atoms. The topological polar surface area (TPSA) is 54.5 Å². The van der Waals surface area contributed by atoms with Gasteiger partial charge >= 0.3 is 0 Å². The molecule has 1 saturated carbocycles. The van der Waals surface area contributed by atoms with Crippen molar-refractivity contribution in [1.29, 1.82) is 0 Å². The molecule has 0 aromatic heterocycles. The molecule has 1 saturated heterocycles. The summed E-state index contributed by atoms with van der Waals surface area (Å²) in [5, 5.41) is 1.81. The number of fused-ring (bicyclic) bond motifs is 6. The van der Waals surface area contributed by atoms with Crippen LogP contribution in [0.4, 0.5) is 5.69 Å². The fourth-order valence-electron chi connectivity index (χ4n) is 7.45. The molecule has 2 fully saturated rings. The number of benzene rings is 4. The van der Waals surface area contributed by atoms with E-state index in [2.05, 4.69) is 0 Å². The number of carbonyl (C=O) groups excluding carboxylic acids is 3. The van der Waals surface area contributed by atoms with E-state index in [1.807, 2.05) is 117 Å². The van der Waals surface area contributed by atoms with Crippen molar-refractivity contribution in [3.05, 3.63) is 114 Å². The Hall–Kier alpha value is -4.31. The average Bonchev–Trinajstić information content (AvgIpc) is 3.38. The van der Waals surface area contributed by atoms with E-state index in [4.69, 9.17) is 0 Å². The van der Waals surface area contributed by atoms with Gasteiger partial charge in [-0.2, -0.15) is 0 Å². The van der Waals surface area contributed by atoms with Crippen LogP contribution in [0.1, 0.15) is 25.0 Å². The molecule has 2 bridgehead atoms. The summed E-state index contributed by atoms with van der Waals surface area (Å²) in [6, 6.07) is 33.1. The Morgan fingerprint density at radius 2 is 1.03 bits per heavy atom. The molecular formula is C33H25NO3. The van der Waals surface area contributed by atoms with Crippen molar-refractivity contribution in [2.24, 2.45) is 22.7 Å². The highest BCUT2D eigenvalue weighted by Crippen LogP contribution is 2.73. The Morgan fingerprint density at radius 1 is 0.568 bits per heavy atom. The first-order chi connectivity index (χ1) is 17.9. The van der Waals surface area contributed by atoms with E-state index < -0.39 is 22.7 Å². The third-order valence-electron chi connectivity index (χ3n) is 8.91. The van der Waals surface area contributed by atoms with Crippen LogP contribution < -0.4 is 4.90 Å². The van der Waals surface area contributed by atoms with Gasteiger partial charge in [-0.1, -0.05) is 97.1 Å². The summed E-state index contributed by atoms with van der Waals surface area (Å²) >= 11 is 0. The number of hydrogen-bond acceptors (Lipinski definition) is 3. The molecule has 180 valence electrons. The lowest BCUT2D eigenvalue weighted by Crippen LogP contribution is -2.40. The molecule has 7 rings (SSSR count). The van der Waals surface area contributed by atoms with Crippen molar-refractivity contribution < 1.29 is 14.4 Å². The summed E-state index contributed by atoms with van der Waals surface area (Å²) < 4.78 is 0.